The third-order valence-corrected chi connectivity index (χ3v) is 4.92. The van der Waals surface area contributed by atoms with E-state index in [9.17, 15) is 23.2 Å². The van der Waals surface area contributed by atoms with Gasteiger partial charge in [-0.25, -0.2) is 9.07 Å². The van der Waals surface area contributed by atoms with Gasteiger partial charge in [0.2, 0.25) is 5.91 Å². The van der Waals surface area contributed by atoms with Gasteiger partial charge in [-0.1, -0.05) is 12.1 Å². The third-order valence-electron chi connectivity index (χ3n) is 4.92. The first-order chi connectivity index (χ1) is 16.8. The van der Waals surface area contributed by atoms with Crippen molar-refractivity contribution in [3.05, 3.63) is 71.2 Å². The number of aromatic nitrogens is 2. The Kier molecular flexibility index (Phi) is 8.34. The van der Waals surface area contributed by atoms with E-state index in [2.05, 4.69) is 15.2 Å². The van der Waals surface area contributed by atoms with Gasteiger partial charge in [0.25, 0.3) is 0 Å². The molecule has 3 rings (SSSR count). The number of halogens is 3. The van der Waals surface area contributed by atoms with Crippen LogP contribution in [0.4, 0.5) is 19.0 Å². The molecule has 11 heteroatoms. The number of ether oxygens (including phenoxy) is 2. The molecule has 0 aliphatic carbocycles. The van der Waals surface area contributed by atoms with Crippen molar-refractivity contribution in [2.45, 2.75) is 19.5 Å². The second-order valence-electron chi connectivity index (χ2n) is 7.19. The number of alkyl halides is 2. The number of para-hydroxylation sites is 1. The van der Waals surface area contributed by atoms with Crippen LogP contribution in [0.2, 0.25) is 0 Å². The Morgan fingerprint density at radius 2 is 2.03 bits per heavy atom. The number of carbonyl (C=O) groups is 1. The lowest BCUT2D eigenvalue weighted by Crippen LogP contribution is -2.22. The first-order valence-corrected chi connectivity index (χ1v) is 10.4. The van der Waals surface area contributed by atoms with E-state index in [4.69, 9.17) is 10.5 Å². The number of amides is 1. The maximum Gasteiger partial charge on any atom is 0.387 e. The van der Waals surface area contributed by atoms with Gasteiger partial charge in [0.15, 0.2) is 11.5 Å². The van der Waals surface area contributed by atoms with Gasteiger partial charge in [-0.3, -0.25) is 4.79 Å². The lowest BCUT2D eigenvalue weighted by Gasteiger charge is -2.12. The van der Waals surface area contributed by atoms with Gasteiger partial charge in [-0.15, -0.1) is 0 Å². The molecule has 0 saturated carbocycles. The summed E-state index contributed by atoms with van der Waals surface area (Å²) < 4.78 is 49.5. The van der Waals surface area contributed by atoms with Gasteiger partial charge in [-0.05, 0) is 49.2 Å². The number of rotatable bonds is 10. The molecule has 1 aromatic heterocycles. The second-order valence-corrected chi connectivity index (χ2v) is 7.19. The Bertz CT molecular complexity index is 1250. The maximum atomic E-state index is 13.2. The van der Waals surface area contributed by atoms with Crippen LogP contribution in [0.3, 0.4) is 0 Å². The number of nitrogens with two attached hydrogens (primary N) is 1. The normalized spacial score (nSPS) is 11.0. The van der Waals surface area contributed by atoms with E-state index in [1.807, 2.05) is 6.07 Å². The molecule has 0 aliphatic heterocycles. The van der Waals surface area contributed by atoms with Gasteiger partial charge in [0.1, 0.15) is 23.3 Å². The predicted molar refractivity (Wildman–Crippen MR) is 123 cm³/mol. The quantitative estimate of drug-likeness (QED) is 0.333. The van der Waals surface area contributed by atoms with Gasteiger partial charge in [-0.2, -0.15) is 19.1 Å². The summed E-state index contributed by atoms with van der Waals surface area (Å²) in [4.78, 5) is 12.2. The summed E-state index contributed by atoms with van der Waals surface area (Å²) in [6.07, 6.45) is 3.34. The lowest BCUT2D eigenvalue weighted by molar-refractivity contribution is -0.116. The number of methoxy groups -OCH3 is 1. The van der Waals surface area contributed by atoms with E-state index in [0.29, 0.717) is 24.2 Å². The fourth-order valence-corrected chi connectivity index (χ4v) is 3.29. The molecule has 0 aliphatic rings. The number of nitrogens with zero attached hydrogens (tertiary/aromatic N) is 3. The molecule has 35 heavy (non-hydrogen) atoms. The molecule has 3 aromatic rings. The lowest BCUT2D eigenvalue weighted by atomic mass is 10.1. The van der Waals surface area contributed by atoms with E-state index >= 15 is 0 Å². The van der Waals surface area contributed by atoms with Gasteiger partial charge in [0, 0.05) is 18.2 Å². The van der Waals surface area contributed by atoms with E-state index in [-0.39, 0.29) is 35.0 Å². The molecule has 0 bridgehead atoms. The summed E-state index contributed by atoms with van der Waals surface area (Å²) in [6.45, 7) is -2.79. The number of aryl methyl sites for hydroxylation is 1. The highest BCUT2D eigenvalue weighted by atomic mass is 19.3. The summed E-state index contributed by atoms with van der Waals surface area (Å²) in [5.74, 6) is -0.782. The number of carbonyl (C=O) groups excluding carboxylic acids is 1. The highest BCUT2D eigenvalue weighted by Gasteiger charge is 2.17. The van der Waals surface area contributed by atoms with Gasteiger partial charge < -0.3 is 20.5 Å². The largest absolute Gasteiger partial charge is 0.493 e. The summed E-state index contributed by atoms with van der Waals surface area (Å²) in [6, 6.07) is 12.1. The minimum atomic E-state index is -3.05. The van der Waals surface area contributed by atoms with E-state index in [1.165, 1.54) is 60.3 Å². The number of nitrogen functional groups attached to an aromatic ring is 1. The Balaban J connectivity index is 1.60. The van der Waals surface area contributed by atoms with E-state index < -0.39 is 18.3 Å². The fourth-order valence-electron chi connectivity index (χ4n) is 3.29. The topological polar surface area (TPSA) is 115 Å². The Labute approximate surface area is 199 Å². The van der Waals surface area contributed by atoms with Gasteiger partial charge in [0.05, 0.1) is 18.5 Å². The van der Waals surface area contributed by atoms with Crippen molar-refractivity contribution in [2.75, 3.05) is 19.4 Å². The van der Waals surface area contributed by atoms with Crippen LogP contribution < -0.4 is 20.5 Å². The monoisotopic (exact) mass is 485 g/mol. The highest BCUT2D eigenvalue weighted by molar-refractivity contribution is 5.92. The first kappa shape index (κ1) is 25.2. The first-order valence-electron chi connectivity index (χ1n) is 10.4. The summed E-state index contributed by atoms with van der Waals surface area (Å²) in [5.41, 5.74) is 7.46. The number of nitrogens with one attached hydrogen (secondary N) is 1. The molecular formula is C24H22F3N5O3. The molecule has 0 unspecified atom stereocenters. The molecule has 1 heterocycles. The third kappa shape index (κ3) is 6.32. The molecule has 0 saturated heterocycles. The molecule has 0 atom stereocenters. The van der Waals surface area contributed by atoms with Crippen LogP contribution in [0.1, 0.15) is 23.2 Å². The summed E-state index contributed by atoms with van der Waals surface area (Å²) >= 11 is 0. The zero-order valence-corrected chi connectivity index (χ0v) is 18.7. The van der Waals surface area contributed by atoms with Crippen molar-refractivity contribution in [3.63, 3.8) is 0 Å². The Morgan fingerprint density at radius 1 is 1.29 bits per heavy atom. The fraction of sp³-hybridized carbons (Fsp3) is 0.208. The minimum absolute atomic E-state index is 0.112. The minimum Gasteiger partial charge on any atom is -0.493 e. The average Bonchev–Trinajstić information content (AvgIpc) is 3.16. The van der Waals surface area contributed by atoms with Crippen molar-refractivity contribution in [3.8, 4) is 23.3 Å². The zero-order valence-electron chi connectivity index (χ0n) is 18.7. The summed E-state index contributed by atoms with van der Waals surface area (Å²) in [7, 11) is 1.32. The molecule has 2 aromatic carbocycles. The van der Waals surface area contributed by atoms with Crippen LogP contribution in [-0.2, 0) is 11.2 Å². The van der Waals surface area contributed by atoms with E-state index in [0.717, 1.165) is 0 Å². The van der Waals surface area contributed by atoms with Crippen LogP contribution in [0.5, 0.6) is 11.5 Å². The van der Waals surface area contributed by atoms with Crippen LogP contribution in [-0.4, -0.2) is 36.0 Å². The average molecular weight is 485 g/mol. The number of anilines is 1. The summed E-state index contributed by atoms with van der Waals surface area (Å²) in [5, 5.41) is 16.5. The molecule has 0 spiro atoms. The standard InChI is InChI=1S/C24H22F3N5O3/c1-34-20-6-2-4-15(22(20)35-24(26)27)7-12-21(33)30-13-3-5-19-18(14-28)23(29)32(31-19)17-10-8-16(25)9-11-17/h2,4,6-12,24H,3,5,13,29H2,1H3,(H,30,33)/b12-7+. The molecule has 182 valence electrons. The Morgan fingerprint density at radius 3 is 2.69 bits per heavy atom. The van der Waals surface area contributed by atoms with Crippen molar-refractivity contribution in [1.82, 2.24) is 15.1 Å². The number of nitriles is 1. The number of benzene rings is 2. The highest BCUT2D eigenvalue weighted by Crippen LogP contribution is 2.33. The predicted octanol–water partition coefficient (Wildman–Crippen LogP) is 3.84. The molecule has 3 N–H and O–H groups in total. The molecule has 0 fully saturated rings. The van der Waals surface area contributed by atoms with Crippen molar-refractivity contribution >= 4 is 17.8 Å². The zero-order chi connectivity index (χ0) is 25.4. The molecule has 1 amide bonds. The maximum absolute atomic E-state index is 13.2. The van der Waals surface area contributed by atoms with Gasteiger partial charge >= 0.3 is 6.61 Å². The molecule has 8 nitrogen and oxygen atoms in total. The SMILES string of the molecule is COc1cccc(/C=C/C(=O)NCCCc2nn(-c3ccc(F)cc3)c(N)c2C#N)c1OC(F)F. The second kappa shape index (κ2) is 11.6. The van der Waals surface area contributed by atoms with E-state index in [1.54, 1.807) is 6.07 Å². The van der Waals surface area contributed by atoms with Crippen LogP contribution in [0.15, 0.2) is 48.5 Å². The van der Waals surface area contributed by atoms with Crippen molar-refractivity contribution in [2.24, 2.45) is 0 Å². The number of hydrogen-bond acceptors (Lipinski definition) is 6. The smallest absolute Gasteiger partial charge is 0.387 e. The van der Waals surface area contributed by atoms with Crippen LogP contribution in [0, 0.1) is 17.1 Å². The number of hydrogen-bond donors (Lipinski definition) is 2. The Hall–Kier alpha value is -4.46. The molecular weight excluding hydrogens is 463 g/mol. The van der Waals surface area contributed by atoms with Crippen molar-refractivity contribution in [1.29, 1.82) is 5.26 Å². The van der Waals surface area contributed by atoms with Crippen LogP contribution in [0.25, 0.3) is 11.8 Å². The van der Waals surface area contributed by atoms with Crippen LogP contribution >= 0.6 is 0 Å². The van der Waals surface area contributed by atoms with Crippen molar-refractivity contribution < 1.29 is 27.4 Å². The molecule has 0 radical (unpaired) electrons.